The minimum atomic E-state index is 0.483. The Labute approximate surface area is 99.3 Å². The fraction of sp³-hybridized carbons (Fsp3) is 0.769. The van der Waals surface area contributed by atoms with Crippen molar-refractivity contribution in [1.82, 2.24) is 14.9 Å². The van der Waals surface area contributed by atoms with Crippen LogP contribution in [-0.2, 0) is 0 Å². The zero-order valence-corrected chi connectivity index (χ0v) is 11.0. The van der Waals surface area contributed by atoms with Gasteiger partial charge in [-0.2, -0.15) is 0 Å². The summed E-state index contributed by atoms with van der Waals surface area (Å²) in [6.45, 7) is 11.0. The first-order valence-electron chi connectivity index (χ1n) is 6.40. The fourth-order valence-electron chi connectivity index (χ4n) is 1.86. The van der Waals surface area contributed by atoms with Gasteiger partial charge in [-0.05, 0) is 19.9 Å². The van der Waals surface area contributed by atoms with E-state index in [0.717, 1.165) is 13.1 Å². The average Bonchev–Trinajstić information content (AvgIpc) is 2.73. The van der Waals surface area contributed by atoms with Crippen molar-refractivity contribution in [3.05, 3.63) is 18.2 Å². The van der Waals surface area contributed by atoms with E-state index in [0.29, 0.717) is 12.0 Å². The van der Waals surface area contributed by atoms with Crippen LogP contribution in [0.4, 0.5) is 0 Å². The summed E-state index contributed by atoms with van der Waals surface area (Å²) in [5.41, 5.74) is 0. The highest BCUT2D eigenvalue weighted by Gasteiger charge is 2.11. The monoisotopic (exact) mass is 223 g/mol. The Bertz CT molecular complexity index is 291. The first kappa shape index (κ1) is 13.2. The Kier molecular flexibility index (Phi) is 5.53. The molecular formula is C13H25N3. The summed E-state index contributed by atoms with van der Waals surface area (Å²) in [5.74, 6) is 1.68. The molecule has 0 spiro atoms. The maximum Gasteiger partial charge on any atom is 0.111 e. The van der Waals surface area contributed by atoms with Gasteiger partial charge in [-0.15, -0.1) is 0 Å². The number of nitrogens with zero attached hydrogens (tertiary/aromatic N) is 2. The Morgan fingerprint density at radius 2 is 2.12 bits per heavy atom. The SMILES string of the molecule is CCCCNCC(C)n1ccnc1C(C)C. The van der Waals surface area contributed by atoms with E-state index in [1.54, 1.807) is 0 Å². The van der Waals surface area contributed by atoms with Gasteiger partial charge in [0.2, 0.25) is 0 Å². The molecule has 3 heteroatoms. The van der Waals surface area contributed by atoms with E-state index in [1.165, 1.54) is 18.7 Å². The second-order valence-electron chi connectivity index (χ2n) is 4.75. The Balaban J connectivity index is 2.46. The molecule has 0 saturated carbocycles. The lowest BCUT2D eigenvalue weighted by molar-refractivity contribution is 0.467. The summed E-state index contributed by atoms with van der Waals surface area (Å²) in [6, 6.07) is 0.483. The summed E-state index contributed by atoms with van der Waals surface area (Å²) in [6.07, 6.45) is 6.50. The van der Waals surface area contributed by atoms with Crippen molar-refractivity contribution in [3.8, 4) is 0 Å². The van der Waals surface area contributed by atoms with Crippen molar-refractivity contribution in [1.29, 1.82) is 0 Å². The van der Waals surface area contributed by atoms with E-state index in [4.69, 9.17) is 0 Å². The summed E-state index contributed by atoms with van der Waals surface area (Å²) in [7, 11) is 0. The molecule has 0 aromatic carbocycles. The number of unbranched alkanes of at least 4 members (excludes halogenated alkanes) is 1. The molecule has 1 atom stereocenters. The molecule has 0 radical (unpaired) electrons. The lowest BCUT2D eigenvalue weighted by Crippen LogP contribution is -2.25. The van der Waals surface area contributed by atoms with Gasteiger partial charge >= 0.3 is 0 Å². The molecular weight excluding hydrogens is 198 g/mol. The van der Waals surface area contributed by atoms with Crippen molar-refractivity contribution >= 4 is 0 Å². The minimum absolute atomic E-state index is 0.483. The number of aromatic nitrogens is 2. The third-order valence-corrected chi connectivity index (χ3v) is 2.84. The maximum absolute atomic E-state index is 4.42. The van der Waals surface area contributed by atoms with Crippen molar-refractivity contribution in [2.45, 2.75) is 52.5 Å². The highest BCUT2D eigenvalue weighted by Crippen LogP contribution is 2.16. The first-order valence-corrected chi connectivity index (χ1v) is 6.40. The summed E-state index contributed by atoms with van der Waals surface area (Å²) >= 11 is 0. The lowest BCUT2D eigenvalue weighted by atomic mass is 10.2. The molecule has 0 aliphatic carbocycles. The van der Waals surface area contributed by atoms with Crippen LogP contribution >= 0.6 is 0 Å². The van der Waals surface area contributed by atoms with Crippen molar-refractivity contribution in [2.24, 2.45) is 0 Å². The molecule has 1 N–H and O–H groups in total. The number of imidazole rings is 1. The predicted octanol–water partition coefficient (Wildman–Crippen LogP) is 2.96. The topological polar surface area (TPSA) is 29.9 Å². The second-order valence-corrected chi connectivity index (χ2v) is 4.75. The normalized spacial score (nSPS) is 13.3. The zero-order chi connectivity index (χ0) is 12.0. The minimum Gasteiger partial charge on any atom is -0.331 e. The third-order valence-electron chi connectivity index (χ3n) is 2.84. The van der Waals surface area contributed by atoms with Gasteiger partial charge in [0.25, 0.3) is 0 Å². The Morgan fingerprint density at radius 1 is 1.38 bits per heavy atom. The van der Waals surface area contributed by atoms with E-state index >= 15 is 0 Å². The molecule has 0 bridgehead atoms. The van der Waals surface area contributed by atoms with E-state index in [1.807, 2.05) is 6.20 Å². The van der Waals surface area contributed by atoms with Crippen LogP contribution in [0.2, 0.25) is 0 Å². The Hall–Kier alpha value is -0.830. The van der Waals surface area contributed by atoms with Crippen molar-refractivity contribution in [2.75, 3.05) is 13.1 Å². The molecule has 1 unspecified atom stereocenters. The van der Waals surface area contributed by atoms with Crippen molar-refractivity contribution < 1.29 is 0 Å². The average molecular weight is 223 g/mol. The van der Waals surface area contributed by atoms with Crippen LogP contribution in [0.5, 0.6) is 0 Å². The molecule has 0 fully saturated rings. The largest absolute Gasteiger partial charge is 0.331 e. The molecule has 0 saturated heterocycles. The number of rotatable bonds is 7. The van der Waals surface area contributed by atoms with Gasteiger partial charge in [-0.3, -0.25) is 0 Å². The van der Waals surface area contributed by atoms with Crippen molar-refractivity contribution in [3.63, 3.8) is 0 Å². The quantitative estimate of drug-likeness (QED) is 0.720. The van der Waals surface area contributed by atoms with Gasteiger partial charge in [0.05, 0.1) is 0 Å². The van der Waals surface area contributed by atoms with E-state index < -0.39 is 0 Å². The summed E-state index contributed by atoms with van der Waals surface area (Å²) in [4.78, 5) is 4.42. The molecule has 0 amide bonds. The van der Waals surface area contributed by atoms with Gasteiger partial charge in [-0.25, -0.2) is 4.98 Å². The zero-order valence-electron chi connectivity index (χ0n) is 11.0. The standard InChI is InChI=1S/C13H25N3/c1-5-6-7-14-10-12(4)16-9-8-15-13(16)11(2)3/h8-9,11-12,14H,5-7,10H2,1-4H3. The molecule has 16 heavy (non-hydrogen) atoms. The summed E-state index contributed by atoms with van der Waals surface area (Å²) < 4.78 is 2.28. The van der Waals surface area contributed by atoms with Crippen LogP contribution in [0, 0.1) is 0 Å². The highest BCUT2D eigenvalue weighted by atomic mass is 15.1. The maximum atomic E-state index is 4.42. The molecule has 1 heterocycles. The number of hydrogen-bond acceptors (Lipinski definition) is 2. The van der Waals surface area contributed by atoms with Gasteiger partial charge in [0.1, 0.15) is 5.82 Å². The number of nitrogens with one attached hydrogen (secondary N) is 1. The van der Waals surface area contributed by atoms with E-state index in [9.17, 15) is 0 Å². The highest BCUT2D eigenvalue weighted by molar-refractivity contribution is 4.99. The van der Waals surface area contributed by atoms with Gasteiger partial charge in [0, 0.05) is 30.9 Å². The van der Waals surface area contributed by atoms with Crippen LogP contribution < -0.4 is 5.32 Å². The summed E-state index contributed by atoms with van der Waals surface area (Å²) in [5, 5.41) is 3.49. The second kappa shape index (κ2) is 6.69. The van der Waals surface area contributed by atoms with E-state index in [-0.39, 0.29) is 0 Å². The number of hydrogen-bond donors (Lipinski definition) is 1. The van der Waals surface area contributed by atoms with Crippen LogP contribution in [-0.4, -0.2) is 22.6 Å². The molecule has 1 rings (SSSR count). The first-order chi connectivity index (χ1) is 7.66. The smallest absolute Gasteiger partial charge is 0.111 e. The van der Waals surface area contributed by atoms with Crippen LogP contribution in [0.1, 0.15) is 58.3 Å². The van der Waals surface area contributed by atoms with Gasteiger partial charge in [0.15, 0.2) is 0 Å². The molecule has 0 aliphatic rings. The predicted molar refractivity (Wildman–Crippen MR) is 68.8 cm³/mol. The van der Waals surface area contributed by atoms with Gasteiger partial charge < -0.3 is 9.88 Å². The molecule has 1 aromatic rings. The van der Waals surface area contributed by atoms with Crippen LogP contribution in [0.3, 0.4) is 0 Å². The lowest BCUT2D eigenvalue weighted by Gasteiger charge is -2.18. The molecule has 1 aromatic heterocycles. The third kappa shape index (κ3) is 3.63. The molecule has 0 aliphatic heterocycles. The van der Waals surface area contributed by atoms with Gasteiger partial charge in [-0.1, -0.05) is 27.2 Å². The van der Waals surface area contributed by atoms with Crippen LogP contribution in [0.25, 0.3) is 0 Å². The Morgan fingerprint density at radius 3 is 2.75 bits per heavy atom. The molecule has 92 valence electrons. The fourth-order valence-corrected chi connectivity index (χ4v) is 1.86. The van der Waals surface area contributed by atoms with Crippen LogP contribution in [0.15, 0.2) is 12.4 Å². The molecule has 3 nitrogen and oxygen atoms in total. The van der Waals surface area contributed by atoms with E-state index in [2.05, 4.69) is 48.8 Å².